The van der Waals surface area contributed by atoms with Crippen LogP contribution in [0, 0.1) is 6.92 Å². The Balaban J connectivity index is 1.89. The number of ether oxygens (including phenoxy) is 1. The third-order valence-corrected chi connectivity index (χ3v) is 8.02. The summed E-state index contributed by atoms with van der Waals surface area (Å²) in [5.41, 5.74) is 0.970. The molecule has 0 bridgehead atoms. The van der Waals surface area contributed by atoms with Crippen molar-refractivity contribution < 1.29 is 24.2 Å². The molecule has 0 unspecified atom stereocenters. The zero-order chi connectivity index (χ0) is 24.5. The van der Waals surface area contributed by atoms with Crippen LogP contribution in [-0.2, 0) is 22.5 Å². The molecule has 0 fully saturated rings. The van der Waals surface area contributed by atoms with E-state index >= 15 is 0 Å². The van der Waals surface area contributed by atoms with Crippen LogP contribution in [0.4, 0.5) is 14.6 Å². The summed E-state index contributed by atoms with van der Waals surface area (Å²) in [4.78, 5) is 41.2. The van der Waals surface area contributed by atoms with E-state index in [0.29, 0.717) is 11.4 Å². The molecular formula is C22H27N3O5S3. The highest BCUT2D eigenvalue weighted by molar-refractivity contribution is 7.25. The Bertz CT molecular complexity index is 1160. The maximum absolute atomic E-state index is 12.6. The van der Waals surface area contributed by atoms with E-state index in [0.717, 1.165) is 42.0 Å². The molecule has 8 nitrogen and oxygen atoms in total. The second kappa shape index (κ2) is 9.78. The van der Waals surface area contributed by atoms with Crippen LogP contribution in [0.25, 0.3) is 10.2 Å². The largest absolute Gasteiger partial charge is 0.465 e. The molecular weight excluding hydrogens is 482 g/mol. The zero-order valence-electron chi connectivity index (χ0n) is 19.4. The van der Waals surface area contributed by atoms with Crippen LogP contribution < -0.4 is 4.90 Å². The van der Waals surface area contributed by atoms with E-state index in [2.05, 4.69) is 4.37 Å². The highest BCUT2D eigenvalue weighted by Crippen LogP contribution is 2.41. The monoisotopic (exact) mass is 509 g/mol. The molecule has 3 aromatic rings. The van der Waals surface area contributed by atoms with E-state index < -0.39 is 23.8 Å². The third-order valence-electron chi connectivity index (χ3n) is 4.85. The summed E-state index contributed by atoms with van der Waals surface area (Å²) in [6.07, 6.45) is -1.29. The Hall–Kier alpha value is -2.50. The molecule has 0 spiro atoms. The van der Waals surface area contributed by atoms with Gasteiger partial charge in [0.15, 0.2) is 0 Å². The van der Waals surface area contributed by atoms with Crippen molar-refractivity contribution in [3.05, 3.63) is 32.8 Å². The maximum atomic E-state index is 12.6. The first-order valence-corrected chi connectivity index (χ1v) is 12.8. The summed E-state index contributed by atoms with van der Waals surface area (Å²) in [5.74, 6) is -0.390. The van der Waals surface area contributed by atoms with Crippen molar-refractivity contribution in [1.82, 2.24) is 9.27 Å². The first kappa shape index (κ1) is 25.1. The fraction of sp³-hybridized carbons (Fsp3) is 0.455. The number of fused-ring (bicyclic) bond motifs is 1. The Kier molecular flexibility index (Phi) is 7.45. The predicted octanol–water partition coefficient (Wildman–Crippen LogP) is 6.13. The molecule has 3 amide bonds. The average Bonchev–Trinajstić information content (AvgIpc) is 3.38. The Morgan fingerprint density at radius 3 is 2.52 bits per heavy atom. The first-order chi connectivity index (χ1) is 15.4. The molecule has 178 valence electrons. The van der Waals surface area contributed by atoms with Crippen molar-refractivity contribution >= 4 is 67.5 Å². The number of carbonyl (C=O) groups is 3. The molecule has 1 atom stereocenters. The van der Waals surface area contributed by atoms with Crippen molar-refractivity contribution in [2.75, 3.05) is 4.90 Å². The molecule has 1 N–H and O–H groups in total. The number of imide groups is 1. The molecule has 0 aliphatic carbocycles. The standard InChI is InChI=1S/C22H27N3O5S3/c1-12(25(14(3)26)21(29)30-22(4,5)6)10-16-13(2)17-18(32-16)19(33-23-17)24(20(27)28)11-15-8-7-9-31-15/h7-9,12H,10-11H2,1-6H3,(H,27,28)/t12-/m0/s1. The lowest BCUT2D eigenvalue weighted by Gasteiger charge is -2.29. The van der Waals surface area contributed by atoms with Crippen molar-refractivity contribution in [2.45, 2.75) is 66.2 Å². The molecule has 0 radical (unpaired) electrons. The first-order valence-electron chi connectivity index (χ1n) is 10.3. The van der Waals surface area contributed by atoms with Gasteiger partial charge < -0.3 is 9.84 Å². The number of anilines is 1. The Labute approximate surface area is 204 Å². The number of thiophene rings is 2. The molecule has 11 heteroatoms. The average molecular weight is 510 g/mol. The summed E-state index contributed by atoms with van der Waals surface area (Å²) in [7, 11) is 0. The topological polar surface area (TPSA) is 100 Å². The van der Waals surface area contributed by atoms with Crippen LogP contribution in [0.2, 0.25) is 0 Å². The molecule has 0 saturated heterocycles. The van der Waals surface area contributed by atoms with Gasteiger partial charge >= 0.3 is 12.2 Å². The number of carbonyl (C=O) groups excluding carboxylic acids is 2. The third kappa shape index (κ3) is 5.71. The lowest BCUT2D eigenvalue weighted by molar-refractivity contribution is -0.129. The fourth-order valence-electron chi connectivity index (χ4n) is 3.38. The van der Waals surface area contributed by atoms with E-state index in [9.17, 15) is 19.5 Å². The van der Waals surface area contributed by atoms with E-state index in [-0.39, 0.29) is 12.5 Å². The van der Waals surface area contributed by atoms with Crippen LogP contribution in [0.3, 0.4) is 0 Å². The van der Waals surface area contributed by atoms with Crippen molar-refractivity contribution in [3.63, 3.8) is 0 Å². The van der Waals surface area contributed by atoms with Crippen molar-refractivity contribution in [3.8, 4) is 0 Å². The molecule has 3 rings (SSSR count). The summed E-state index contributed by atoms with van der Waals surface area (Å²) in [6.45, 7) is 10.6. The minimum atomic E-state index is -1.04. The van der Waals surface area contributed by atoms with Gasteiger partial charge in [0.25, 0.3) is 0 Å². The van der Waals surface area contributed by atoms with Gasteiger partial charge in [-0.3, -0.25) is 9.69 Å². The van der Waals surface area contributed by atoms with Crippen molar-refractivity contribution in [1.29, 1.82) is 0 Å². The van der Waals surface area contributed by atoms with Gasteiger partial charge in [-0.2, -0.15) is 4.37 Å². The highest BCUT2D eigenvalue weighted by Gasteiger charge is 2.31. The number of carboxylic acid groups (broad SMARTS) is 1. The molecule has 0 aliphatic heterocycles. The van der Waals surface area contributed by atoms with Crippen molar-refractivity contribution in [2.24, 2.45) is 0 Å². The molecule has 0 saturated carbocycles. The number of aryl methyl sites for hydroxylation is 1. The number of amides is 3. The number of rotatable bonds is 6. The number of hydrogen-bond acceptors (Lipinski definition) is 8. The van der Waals surface area contributed by atoms with Crippen LogP contribution in [0.15, 0.2) is 17.5 Å². The second-order valence-electron chi connectivity index (χ2n) is 8.69. The molecule has 33 heavy (non-hydrogen) atoms. The lowest BCUT2D eigenvalue weighted by Crippen LogP contribution is -2.45. The summed E-state index contributed by atoms with van der Waals surface area (Å²) < 4.78 is 10.7. The number of nitrogens with zero attached hydrogens (tertiary/aromatic N) is 3. The SMILES string of the molecule is CC(=O)N(C(=O)OC(C)(C)C)[C@@H](C)Cc1sc2c(N(Cc3cccs3)C(=O)O)snc2c1C. The minimum absolute atomic E-state index is 0.254. The van der Waals surface area contributed by atoms with Gasteiger partial charge in [0.05, 0.1) is 11.2 Å². The van der Waals surface area contributed by atoms with Gasteiger partial charge in [-0.25, -0.2) is 14.5 Å². The summed E-state index contributed by atoms with van der Waals surface area (Å²) in [6, 6.07) is 3.36. The van der Waals surface area contributed by atoms with Crippen LogP contribution in [-0.4, -0.2) is 44.1 Å². The Morgan fingerprint density at radius 1 is 1.27 bits per heavy atom. The van der Waals surface area contributed by atoms with Crippen LogP contribution >= 0.6 is 34.2 Å². The van der Waals surface area contributed by atoms with Gasteiger partial charge in [-0.05, 0) is 63.2 Å². The number of hydrogen-bond donors (Lipinski definition) is 1. The molecule has 0 aliphatic rings. The van der Waals surface area contributed by atoms with E-state index in [1.807, 2.05) is 24.4 Å². The smallest absolute Gasteiger partial charge is 0.417 e. The lowest BCUT2D eigenvalue weighted by atomic mass is 10.1. The normalized spacial score (nSPS) is 12.5. The van der Waals surface area contributed by atoms with Crippen LogP contribution in [0.5, 0.6) is 0 Å². The predicted molar refractivity (Wildman–Crippen MR) is 133 cm³/mol. The maximum Gasteiger partial charge on any atom is 0.417 e. The second-order valence-corrected chi connectivity index (χ2v) is 11.6. The highest BCUT2D eigenvalue weighted by atomic mass is 32.1. The molecule has 3 heterocycles. The van der Waals surface area contributed by atoms with E-state index in [4.69, 9.17) is 4.74 Å². The van der Waals surface area contributed by atoms with Gasteiger partial charge in [-0.1, -0.05) is 6.07 Å². The van der Waals surface area contributed by atoms with Crippen LogP contribution in [0.1, 0.15) is 49.9 Å². The quantitative estimate of drug-likeness (QED) is 0.429. The summed E-state index contributed by atoms with van der Waals surface area (Å²) >= 11 is 4.12. The van der Waals surface area contributed by atoms with Gasteiger partial charge in [-0.15, -0.1) is 22.7 Å². The minimum Gasteiger partial charge on any atom is -0.465 e. The molecule has 3 aromatic heterocycles. The van der Waals surface area contributed by atoms with E-state index in [1.54, 1.807) is 27.7 Å². The number of aromatic nitrogens is 1. The van der Waals surface area contributed by atoms with Gasteiger partial charge in [0, 0.05) is 29.1 Å². The Morgan fingerprint density at radius 2 is 1.97 bits per heavy atom. The van der Waals surface area contributed by atoms with E-state index in [1.165, 1.54) is 34.5 Å². The molecule has 0 aromatic carbocycles. The fourth-order valence-corrected chi connectivity index (χ4v) is 6.50. The summed E-state index contributed by atoms with van der Waals surface area (Å²) in [5, 5.41) is 12.3. The van der Waals surface area contributed by atoms with Gasteiger partial charge in [0.1, 0.15) is 16.1 Å². The van der Waals surface area contributed by atoms with Gasteiger partial charge in [0.2, 0.25) is 5.91 Å². The zero-order valence-corrected chi connectivity index (χ0v) is 21.8.